The first-order valence-electron chi connectivity index (χ1n) is 7.89. The lowest BCUT2D eigenvalue weighted by Crippen LogP contribution is -2.47. The minimum absolute atomic E-state index is 0.0865. The molecule has 1 aromatic rings. The number of non-ortho nitro benzene ring substituents is 1. The molecule has 1 N–H and O–H groups in total. The number of halogens is 3. The fraction of sp³-hybridized carbons (Fsp3) is 0.500. The summed E-state index contributed by atoms with van der Waals surface area (Å²) >= 11 is 0. The Labute approximate surface area is 146 Å². The molecule has 2 rings (SSSR count). The van der Waals surface area contributed by atoms with Crippen LogP contribution in [-0.2, 0) is 4.74 Å². The molecule has 1 aromatic carbocycles. The first kappa shape index (κ1) is 19.7. The van der Waals surface area contributed by atoms with E-state index in [4.69, 9.17) is 0 Å². The third-order valence-electron chi connectivity index (χ3n) is 4.31. The molecule has 0 aromatic heterocycles. The molecule has 2 atom stereocenters. The zero-order valence-corrected chi connectivity index (χ0v) is 13.8. The molecule has 0 saturated heterocycles. The molecule has 0 bridgehead atoms. The molecule has 1 amide bonds. The van der Waals surface area contributed by atoms with Gasteiger partial charge in [-0.05, 0) is 18.9 Å². The van der Waals surface area contributed by atoms with Crippen LogP contribution in [0.2, 0.25) is 0 Å². The number of nitrogens with zero attached hydrogens (tertiary/aromatic N) is 1. The van der Waals surface area contributed by atoms with Crippen LogP contribution in [0, 0.1) is 16.0 Å². The zero-order chi connectivity index (χ0) is 19.5. The van der Waals surface area contributed by atoms with Crippen molar-refractivity contribution in [3.8, 4) is 0 Å². The van der Waals surface area contributed by atoms with Crippen molar-refractivity contribution in [3.63, 3.8) is 0 Å². The van der Waals surface area contributed by atoms with E-state index in [0.29, 0.717) is 12.8 Å². The molecular weight excluding hydrogens is 357 g/mol. The maximum absolute atomic E-state index is 13.1. The first-order chi connectivity index (χ1) is 12.1. The minimum atomic E-state index is -4.45. The molecule has 1 saturated carbocycles. The Morgan fingerprint density at radius 1 is 1.19 bits per heavy atom. The van der Waals surface area contributed by atoms with Crippen molar-refractivity contribution in [1.82, 2.24) is 5.32 Å². The number of rotatable bonds is 4. The van der Waals surface area contributed by atoms with Gasteiger partial charge >= 0.3 is 12.1 Å². The van der Waals surface area contributed by atoms with Gasteiger partial charge in [0, 0.05) is 23.7 Å². The molecule has 0 aliphatic heterocycles. The predicted octanol–water partition coefficient (Wildman–Crippen LogP) is 3.23. The predicted molar refractivity (Wildman–Crippen MR) is 83.7 cm³/mol. The van der Waals surface area contributed by atoms with Crippen molar-refractivity contribution in [1.29, 1.82) is 0 Å². The third-order valence-corrected chi connectivity index (χ3v) is 4.31. The molecule has 0 radical (unpaired) electrons. The second kappa shape index (κ2) is 7.71. The normalized spacial score (nSPS) is 20.3. The van der Waals surface area contributed by atoms with Crippen molar-refractivity contribution in [2.24, 2.45) is 5.92 Å². The second-order valence-corrected chi connectivity index (χ2v) is 6.03. The molecule has 142 valence electrons. The van der Waals surface area contributed by atoms with E-state index in [1.54, 1.807) is 0 Å². The molecule has 1 aliphatic rings. The molecule has 2 unspecified atom stereocenters. The zero-order valence-electron chi connectivity index (χ0n) is 13.8. The van der Waals surface area contributed by atoms with E-state index >= 15 is 0 Å². The number of benzene rings is 1. The van der Waals surface area contributed by atoms with Crippen LogP contribution in [0.5, 0.6) is 0 Å². The maximum atomic E-state index is 13.1. The molecule has 26 heavy (non-hydrogen) atoms. The molecule has 0 heterocycles. The number of nitrogens with one attached hydrogen (secondary N) is 1. The van der Waals surface area contributed by atoms with Crippen molar-refractivity contribution < 1.29 is 32.4 Å². The largest absolute Gasteiger partial charge is 0.465 e. The Morgan fingerprint density at radius 2 is 1.81 bits per heavy atom. The Hall–Kier alpha value is -2.65. The number of nitro benzene ring substituents is 1. The monoisotopic (exact) mass is 374 g/mol. The van der Waals surface area contributed by atoms with E-state index in [1.165, 1.54) is 0 Å². The highest BCUT2D eigenvalue weighted by atomic mass is 19.4. The fourth-order valence-electron chi connectivity index (χ4n) is 3.03. The Kier molecular flexibility index (Phi) is 5.83. The lowest BCUT2D eigenvalue weighted by atomic mass is 9.84. The smallest absolute Gasteiger partial charge is 0.393 e. The summed E-state index contributed by atoms with van der Waals surface area (Å²) in [6, 6.07) is 1.78. The average molecular weight is 374 g/mol. The quantitative estimate of drug-likeness (QED) is 0.496. The summed E-state index contributed by atoms with van der Waals surface area (Å²) in [5, 5.41) is 13.3. The van der Waals surface area contributed by atoms with Crippen LogP contribution >= 0.6 is 0 Å². The minimum Gasteiger partial charge on any atom is -0.465 e. The number of hydrogen-bond donors (Lipinski definition) is 1. The molecule has 1 fully saturated rings. The number of methoxy groups -OCH3 is 1. The van der Waals surface area contributed by atoms with Crippen LogP contribution in [0.3, 0.4) is 0 Å². The molecule has 1 aliphatic carbocycles. The van der Waals surface area contributed by atoms with Crippen LogP contribution in [-0.4, -0.2) is 36.1 Å². The van der Waals surface area contributed by atoms with Crippen LogP contribution in [0.4, 0.5) is 18.9 Å². The van der Waals surface area contributed by atoms with Gasteiger partial charge in [0.1, 0.15) is 0 Å². The van der Waals surface area contributed by atoms with E-state index < -0.39 is 40.6 Å². The Balaban J connectivity index is 2.29. The summed E-state index contributed by atoms with van der Waals surface area (Å²) < 4.78 is 43.9. The number of esters is 1. The number of alkyl halides is 3. The van der Waals surface area contributed by atoms with Gasteiger partial charge in [-0.15, -0.1) is 0 Å². The number of carbonyl (C=O) groups is 2. The van der Waals surface area contributed by atoms with Gasteiger partial charge < -0.3 is 10.1 Å². The number of ether oxygens (including phenoxy) is 1. The summed E-state index contributed by atoms with van der Waals surface area (Å²) in [6.07, 6.45) is -3.41. The summed E-state index contributed by atoms with van der Waals surface area (Å²) in [4.78, 5) is 34.2. The van der Waals surface area contributed by atoms with Gasteiger partial charge in [0.05, 0.1) is 23.5 Å². The van der Waals surface area contributed by atoms with Crippen LogP contribution in [0.25, 0.3) is 0 Å². The van der Waals surface area contributed by atoms with Crippen molar-refractivity contribution in [3.05, 3.63) is 39.4 Å². The van der Waals surface area contributed by atoms with Crippen LogP contribution < -0.4 is 5.32 Å². The van der Waals surface area contributed by atoms with E-state index in [2.05, 4.69) is 10.1 Å². The highest BCUT2D eigenvalue weighted by molar-refractivity contribution is 5.99. The van der Waals surface area contributed by atoms with Crippen molar-refractivity contribution in [2.75, 3.05) is 7.11 Å². The number of carbonyl (C=O) groups excluding carboxylic acids is 2. The van der Waals surface area contributed by atoms with Crippen LogP contribution in [0.1, 0.15) is 46.4 Å². The average Bonchev–Trinajstić information content (AvgIpc) is 2.60. The van der Waals surface area contributed by atoms with Gasteiger partial charge in [-0.1, -0.05) is 12.8 Å². The second-order valence-electron chi connectivity index (χ2n) is 6.03. The highest BCUT2D eigenvalue weighted by Crippen LogP contribution is 2.37. The summed E-state index contributed by atoms with van der Waals surface area (Å²) in [5.41, 5.74) is -1.04. The van der Waals surface area contributed by atoms with E-state index in [-0.39, 0.29) is 24.0 Å². The Morgan fingerprint density at radius 3 is 2.38 bits per heavy atom. The van der Waals surface area contributed by atoms with Gasteiger partial charge in [-0.25, -0.2) is 4.79 Å². The summed E-state index contributed by atoms with van der Waals surface area (Å²) in [6.45, 7) is 0. The molecule has 7 nitrogen and oxygen atoms in total. The summed E-state index contributed by atoms with van der Waals surface area (Å²) in [5.74, 6) is -3.47. The first-order valence-corrected chi connectivity index (χ1v) is 7.89. The van der Waals surface area contributed by atoms with Gasteiger partial charge in [-0.3, -0.25) is 14.9 Å². The van der Waals surface area contributed by atoms with E-state index in [1.807, 2.05) is 0 Å². The van der Waals surface area contributed by atoms with Crippen molar-refractivity contribution >= 4 is 17.6 Å². The van der Waals surface area contributed by atoms with E-state index in [9.17, 15) is 32.9 Å². The fourth-order valence-corrected chi connectivity index (χ4v) is 3.03. The van der Waals surface area contributed by atoms with E-state index in [0.717, 1.165) is 25.3 Å². The highest BCUT2D eigenvalue weighted by Gasteiger charge is 2.46. The van der Waals surface area contributed by atoms with Crippen molar-refractivity contribution in [2.45, 2.75) is 37.9 Å². The lowest BCUT2D eigenvalue weighted by molar-refractivity contribution is -0.384. The molecule has 10 heteroatoms. The maximum Gasteiger partial charge on any atom is 0.393 e. The standard InChI is InChI=1S/C16H17F3N2O5/c1-26-15(23)10-6-9(7-11(8-10)21(24)25)14(22)20-13-5-3-2-4-12(13)16(17,18)19/h6-8,12-13H,2-5H2,1H3,(H,20,22). The summed E-state index contributed by atoms with van der Waals surface area (Å²) in [7, 11) is 1.07. The SMILES string of the molecule is COC(=O)c1cc(C(=O)NC2CCCCC2C(F)(F)F)cc([N+](=O)[O-])c1. The topological polar surface area (TPSA) is 98.5 Å². The van der Waals surface area contributed by atoms with Crippen LogP contribution in [0.15, 0.2) is 18.2 Å². The van der Waals surface area contributed by atoms with Gasteiger partial charge in [0.15, 0.2) is 0 Å². The van der Waals surface area contributed by atoms with Gasteiger partial charge in [0.2, 0.25) is 0 Å². The molecule has 0 spiro atoms. The third kappa shape index (κ3) is 4.50. The molecular formula is C16H17F3N2O5. The van der Waals surface area contributed by atoms with Gasteiger partial charge in [-0.2, -0.15) is 13.2 Å². The number of hydrogen-bond acceptors (Lipinski definition) is 5. The number of nitro groups is 1. The van der Waals surface area contributed by atoms with Gasteiger partial charge in [0.25, 0.3) is 11.6 Å². The number of amides is 1. The Bertz CT molecular complexity index is 720. The lowest BCUT2D eigenvalue weighted by Gasteiger charge is -2.33.